The number of carbonyl (C=O) groups is 2. The van der Waals surface area contributed by atoms with E-state index in [4.69, 9.17) is 19.3 Å². The van der Waals surface area contributed by atoms with Crippen molar-refractivity contribution in [1.29, 1.82) is 0 Å². The Morgan fingerprint density at radius 3 is 2.68 bits per heavy atom. The minimum absolute atomic E-state index is 0.175. The van der Waals surface area contributed by atoms with E-state index < -0.39 is 11.5 Å². The predicted molar refractivity (Wildman–Crippen MR) is 91.2 cm³/mol. The smallest absolute Gasteiger partial charge is 0.305 e. The van der Waals surface area contributed by atoms with Gasteiger partial charge in [0, 0.05) is 12.2 Å². The summed E-state index contributed by atoms with van der Waals surface area (Å²) in [6.45, 7) is 5.25. The Labute approximate surface area is 147 Å². The topological polar surface area (TPSA) is 94.1 Å². The molecule has 1 fully saturated rings. The first-order valence-electron chi connectivity index (χ1n) is 8.28. The molecule has 7 nitrogen and oxygen atoms in total. The third-order valence-corrected chi connectivity index (χ3v) is 3.97. The van der Waals surface area contributed by atoms with Crippen molar-refractivity contribution < 1.29 is 28.9 Å². The zero-order chi connectivity index (χ0) is 18.4. The van der Waals surface area contributed by atoms with Crippen molar-refractivity contribution in [2.75, 3.05) is 26.9 Å². The van der Waals surface area contributed by atoms with Gasteiger partial charge in [-0.25, -0.2) is 0 Å². The summed E-state index contributed by atoms with van der Waals surface area (Å²) < 4.78 is 16.3. The van der Waals surface area contributed by atoms with Gasteiger partial charge in [-0.3, -0.25) is 9.59 Å². The molecule has 0 bridgehead atoms. The molecular weight excluding hydrogens is 326 g/mol. The number of aliphatic carboxylic acids is 1. The van der Waals surface area contributed by atoms with E-state index in [0.29, 0.717) is 42.6 Å². The Kier molecular flexibility index (Phi) is 6.25. The van der Waals surface area contributed by atoms with Gasteiger partial charge in [0.15, 0.2) is 11.5 Å². The number of hydrogen-bond acceptors (Lipinski definition) is 5. The van der Waals surface area contributed by atoms with Crippen LogP contribution in [0.5, 0.6) is 11.5 Å². The average molecular weight is 351 g/mol. The maximum Gasteiger partial charge on any atom is 0.305 e. The highest BCUT2D eigenvalue weighted by molar-refractivity contribution is 5.95. The van der Waals surface area contributed by atoms with E-state index in [1.165, 1.54) is 7.11 Å². The summed E-state index contributed by atoms with van der Waals surface area (Å²) in [4.78, 5) is 23.7. The molecule has 1 atom stereocenters. The number of carbonyl (C=O) groups excluding carboxylic acids is 1. The normalized spacial score (nSPS) is 19.7. The third-order valence-electron chi connectivity index (χ3n) is 3.97. The Morgan fingerprint density at radius 1 is 1.36 bits per heavy atom. The van der Waals surface area contributed by atoms with Gasteiger partial charge in [-0.2, -0.15) is 0 Å². The van der Waals surface area contributed by atoms with Crippen molar-refractivity contribution in [3.05, 3.63) is 23.8 Å². The summed E-state index contributed by atoms with van der Waals surface area (Å²) in [6, 6.07) is 4.91. The van der Waals surface area contributed by atoms with Crippen LogP contribution in [0.2, 0.25) is 0 Å². The van der Waals surface area contributed by atoms with Crippen LogP contribution in [0, 0.1) is 5.92 Å². The van der Waals surface area contributed by atoms with E-state index >= 15 is 0 Å². The molecule has 1 amide bonds. The summed E-state index contributed by atoms with van der Waals surface area (Å²) >= 11 is 0. The van der Waals surface area contributed by atoms with Gasteiger partial charge in [0.1, 0.15) is 0 Å². The minimum Gasteiger partial charge on any atom is -0.493 e. The largest absolute Gasteiger partial charge is 0.493 e. The van der Waals surface area contributed by atoms with E-state index in [1.54, 1.807) is 18.2 Å². The summed E-state index contributed by atoms with van der Waals surface area (Å²) in [5, 5.41) is 11.9. The van der Waals surface area contributed by atoms with E-state index in [0.717, 1.165) is 0 Å². The van der Waals surface area contributed by atoms with Gasteiger partial charge in [-0.05, 0) is 30.5 Å². The quantitative estimate of drug-likeness (QED) is 0.745. The molecule has 1 aliphatic rings. The van der Waals surface area contributed by atoms with Gasteiger partial charge < -0.3 is 24.6 Å². The Balaban J connectivity index is 2.14. The molecule has 2 N–H and O–H groups in total. The van der Waals surface area contributed by atoms with Crippen LogP contribution in [0.15, 0.2) is 18.2 Å². The van der Waals surface area contributed by atoms with Gasteiger partial charge in [0.2, 0.25) is 0 Å². The number of hydrogen-bond donors (Lipinski definition) is 2. The second-order valence-corrected chi connectivity index (χ2v) is 6.68. The molecule has 1 aromatic carbocycles. The van der Waals surface area contributed by atoms with Gasteiger partial charge in [0.05, 0.1) is 32.3 Å². The number of methoxy groups -OCH3 is 1. The zero-order valence-corrected chi connectivity index (χ0v) is 14.8. The predicted octanol–water partition coefficient (Wildman–Crippen LogP) is 2.09. The lowest BCUT2D eigenvalue weighted by Crippen LogP contribution is -2.50. The Bertz CT molecular complexity index is 622. The summed E-state index contributed by atoms with van der Waals surface area (Å²) in [5.41, 5.74) is -0.492. The lowest BCUT2D eigenvalue weighted by atomic mass is 9.93. The fourth-order valence-corrected chi connectivity index (χ4v) is 2.68. The number of carboxylic acid groups (broad SMARTS) is 1. The molecule has 0 radical (unpaired) electrons. The maximum atomic E-state index is 12.6. The second-order valence-electron chi connectivity index (χ2n) is 6.68. The highest BCUT2D eigenvalue weighted by atomic mass is 16.5. The molecule has 7 heteroatoms. The number of ether oxygens (including phenoxy) is 3. The molecule has 0 aliphatic carbocycles. The number of carboxylic acids is 1. The van der Waals surface area contributed by atoms with Crippen LogP contribution in [0.4, 0.5) is 0 Å². The molecule has 138 valence electrons. The fourth-order valence-electron chi connectivity index (χ4n) is 2.68. The first-order chi connectivity index (χ1) is 11.8. The van der Waals surface area contributed by atoms with Crippen LogP contribution in [0.1, 0.15) is 37.0 Å². The number of rotatable bonds is 8. The van der Waals surface area contributed by atoms with Crippen molar-refractivity contribution >= 4 is 11.9 Å². The summed E-state index contributed by atoms with van der Waals surface area (Å²) in [6.07, 6.45) is 0.295. The lowest BCUT2D eigenvalue weighted by Gasteiger charge is -2.27. The molecular formula is C18H25NO6. The lowest BCUT2D eigenvalue weighted by molar-refractivity contribution is -0.138. The van der Waals surface area contributed by atoms with E-state index in [9.17, 15) is 9.59 Å². The van der Waals surface area contributed by atoms with Gasteiger partial charge in [0.25, 0.3) is 5.91 Å². The van der Waals surface area contributed by atoms with Crippen molar-refractivity contribution in [2.45, 2.75) is 32.2 Å². The molecule has 0 saturated carbocycles. The van der Waals surface area contributed by atoms with Crippen LogP contribution in [0.25, 0.3) is 0 Å². The van der Waals surface area contributed by atoms with Crippen molar-refractivity contribution in [3.8, 4) is 11.5 Å². The van der Waals surface area contributed by atoms with Crippen LogP contribution >= 0.6 is 0 Å². The molecule has 0 spiro atoms. The highest BCUT2D eigenvalue weighted by Crippen LogP contribution is 2.29. The number of amides is 1. The molecule has 1 saturated heterocycles. The molecule has 1 heterocycles. The second kappa shape index (κ2) is 8.20. The molecule has 1 aliphatic heterocycles. The third kappa shape index (κ3) is 5.09. The maximum absolute atomic E-state index is 12.6. The van der Waals surface area contributed by atoms with Gasteiger partial charge in [-0.15, -0.1) is 0 Å². The first-order valence-corrected chi connectivity index (χ1v) is 8.28. The van der Waals surface area contributed by atoms with Crippen molar-refractivity contribution in [1.82, 2.24) is 5.32 Å². The Hall–Kier alpha value is -2.28. The van der Waals surface area contributed by atoms with Crippen LogP contribution in [-0.2, 0) is 9.53 Å². The van der Waals surface area contributed by atoms with E-state index in [1.807, 2.05) is 13.8 Å². The van der Waals surface area contributed by atoms with Crippen molar-refractivity contribution in [3.63, 3.8) is 0 Å². The van der Waals surface area contributed by atoms with E-state index in [2.05, 4.69) is 5.32 Å². The first kappa shape index (κ1) is 19.1. The fraction of sp³-hybridized carbons (Fsp3) is 0.556. The number of benzene rings is 1. The monoisotopic (exact) mass is 351 g/mol. The van der Waals surface area contributed by atoms with Crippen molar-refractivity contribution in [2.24, 2.45) is 5.92 Å². The highest BCUT2D eigenvalue weighted by Gasteiger charge is 2.38. The Morgan fingerprint density at radius 2 is 2.12 bits per heavy atom. The minimum atomic E-state index is -0.971. The zero-order valence-electron chi connectivity index (χ0n) is 14.8. The van der Waals surface area contributed by atoms with Gasteiger partial charge >= 0.3 is 5.97 Å². The molecule has 25 heavy (non-hydrogen) atoms. The standard InChI is InChI=1S/C18H25NO6/c1-12(2)10-25-14-5-4-13(8-15(14)23-3)17(22)19-18(9-16(20)21)6-7-24-11-18/h4-5,8,12H,6-7,9-11H2,1-3H3,(H,19,22)(H,20,21). The van der Waals surface area contributed by atoms with Crippen LogP contribution < -0.4 is 14.8 Å². The molecule has 1 unspecified atom stereocenters. The molecule has 1 aromatic rings. The summed E-state index contributed by atoms with van der Waals surface area (Å²) in [5.74, 6) is 0.0626. The van der Waals surface area contributed by atoms with Crippen LogP contribution in [-0.4, -0.2) is 49.5 Å². The average Bonchev–Trinajstić information content (AvgIpc) is 2.99. The SMILES string of the molecule is COc1cc(C(=O)NC2(CC(=O)O)CCOC2)ccc1OCC(C)C. The van der Waals surface area contributed by atoms with Gasteiger partial charge in [-0.1, -0.05) is 13.8 Å². The molecule has 0 aromatic heterocycles. The van der Waals surface area contributed by atoms with Crippen LogP contribution in [0.3, 0.4) is 0 Å². The molecule has 2 rings (SSSR count). The number of nitrogens with one attached hydrogen (secondary N) is 1. The van der Waals surface area contributed by atoms with E-state index in [-0.39, 0.29) is 18.9 Å². The summed E-state index contributed by atoms with van der Waals surface area (Å²) in [7, 11) is 1.51.